The van der Waals surface area contributed by atoms with Crippen LogP contribution in [0, 0.1) is 0 Å². The molecule has 12 rings (SSSR count). The van der Waals surface area contributed by atoms with Crippen molar-refractivity contribution >= 4 is 70.7 Å². The first-order valence-corrected chi connectivity index (χ1v) is 17.5. The van der Waals surface area contributed by atoms with Gasteiger partial charge in [0.25, 0.3) is 0 Å². The molecular formula is C46H26N6. The van der Waals surface area contributed by atoms with Gasteiger partial charge in [0, 0.05) is 43.4 Å². The number of pyridine rings is 1. The molecule has 240 valence electrons. The Morgan fingerprint density at radius 1 is 0.385 bits per heavy atom. The molecule has 0 aliphatic carbocycles. The van der Waals surface area contributed by atoms with Crippen LogP contribution in [0.1, 0.15) is 0 Å². The Labute approximate surface area is 296 Å². The van der Waals surface area contributed by atoms with Gasteiger partial charge in [0.1, 0.15) is 5.69 Å². The molecule has 0 fully saturated rings. The third-order valence-corrected chi connectivity index (χ3v) is 10.7. The Bertz CT molecular complexity index is 3270. The van der Waals surface area contributed by atoms with E-state index in [4.69, 9.17) is 19.9 Å². The number of nitrogens with zero attached hydrogens (tertiary/aromatic N) is 6. The van der Waals surface area contributed by atoms with E-state index in [1.165, 1.54) is 59.6 Å². The molecule has 0 N–H and O–H groups in total. The SMILES string of the molecule is c1ccc(-c2nc(-c3ccccc3)nc(-c3ccc(-n4c5ccc6cccc7c6c5c5c6c(ccc8c9ccccc9n7c86)ccc54)cn3)n2)cc1. The van der Waals surface area contributed by atoms with E-state index in [1.807, 2.05) is 72.9 Å². The molecule has 0 aliphatic rings. The van der Waals surface area contributed by atoms with Crippen LogP contribution in [0.5, 0.6) is 0 Å². The molecule has 0 spiro atoms. The van der Waals surface area contributed by atoms with E-state index < -0.39 is 0 Å². The summed E-state index contributed by atoms with van der Waals surface area (Å²) in [5, 5.41) is 10.1. The number of benzene rings is 7. The first-order chi connectivity index (χ1) is 25.8. The largest absolute Gasteiger partial charge is 0.308 e. The summed E-state index contributed by atoms with van der Waals surface area (Å²) >= 11 is 0. The van der Waals surface area contributed by atoms with E-state index in [1.54, 1.807) is 0 Å². The zero-order chi connectivity index (χ0) is 33.9. The lowest BCUT2D eigenvalue weighted by Crippen LogP contribution is -2.02. The van der Waals surface area contributed by atoms with Crippen LogP contribution >= 0.6 is 0 Å². The van der Waals surface area contributed by atoms with Gasteiger partial charge in [-0.2, -0.15) is 0 Å². The lowest BCUT2D eigenvalue weighted by Gasteiger charge is -2.11. The van der Waals surface area contributed by atoms with Gasteiger partial charge in [-0.1, -0.05) is 115 Å². The highest BCUT2D eigenvalue weighted by Gasteiger charge is 2.24. The molecule has 7 aromatic carbocycles. The Morgan fingerprint density at radius 3 is 1.71 bits per heavy atom. The van der Waals surface area contributed by atoms with Crippen molar-refractivity contribution in [2.45, 2.75) is 0 Å². The predicted octanol–water partition coefficient (Wildman–Crippen LogP) is 11.1. The van der Waals surface area contributed by atoms with E-state index in [-0.39, 0.29) is 0 Å². The van der Waals surface area contributed by atoms with Crippen molar-refractivity contribution < 1.29 is 0 Å². The lowest BCUT2D eigenvalue weighted by molar-refractivity contribution is 1.05. The van der Waals surface area contributed by atoms with Gasteiger partial charge in [-0.15, -0.1) is 0 Å². The van der Waals surface area contributed by atoms with Crippen molar-refractivity contribution in [3.63, 3.8) is 0 Å². The summed E-state index contributed by atoms with van der Waals surface area (Å²) < 4.78 is 4.86. The third kappa shape index (κ3) is 3.67. The van der Waals surface area contributed by atoms with Crippen LogP contribution in [0.3, 0.4) is 0 Å². The molecular weight excluding hydrogens is 637 g/mol. The fourth-order valence-corrected chi connectivity index (χ4v) is 8.50. The molecule has 5 heterocycles. The molecule has 6 nitrogen and oxygen atoms in total. The third-order valence-electron chi connectivity index (χ3n) is 10.7. The van der Waals surface area contributed by atoms with Gasteiger partial charge < -0.3 is 8.97 Å². The van der Waals surface area contributed by atoms with E-state index >= 15 is 0 Å². The highest BCUT2D eigenvalue weighted by Crippen LogP contribution is 2.47. The van der Waals surface area contributed by atoms with Gasteiger partial charge in [-0.3, -0.25) is 4.98 Å². The van der Waals surface area contributed by atoms with Crippen molar-refractivity contribution in [3.05, 3.63) is 158 Å². The molecule has 0 aliphatic heterocycles. The smallest absolute Gasteiger partial charge is 0.182 e. The van der Waals surface area contributed by atoms with Crippen LogP contribution in [-0.4, -0.2) is 28.9 Å². The maximum atomic E-state index is 5.02. The summed E-state index contributed by atoms with van der Waals surface area (Å²) in [4.78, 5) is 19.7. The number of fused-ring (bicyclic) bond motifs is 4. The van der Waals surface area contributed by atoms with Gasteiger partial charge in [0.15, 0.2) is 17.5 Å². The number of aromatic nitrogens is 6. The molecule has 52 heavy (non-hydrogen) atoms. The second kappa shape index (κ2) is 10.2. The summed E-state index contributed by atoms with van der Waals surface area (Å²) in [5.41, 5.74) is 9.54. The standard InChI is InChI=1S/C46H26N6/c1-3-10-29(11-4-1)44-48-45(30-12-5-2-6-13-30)50-46(49-44)34-23-21-31(26-47-34)51-37-24-19-27-14-9-17-36-39(27)41(37)42-38(51)25-20-28-18-22-33-32-15-7-8-16-35(32)52(36)43(33)40(28)42/h1-26H. The summed E-state index contributed by atoms with van der Waals surface area (Å²) in [6.07, 6.45) is 1.95. The fourth-order valence-electron chi connectivity index (χ4n) is 8.50. The zero-order valence-corrected chi connectivity index (χ0v) is 27.7. The van der Waals surface area contributed by atoms with Crippen molar-refractivity contribution in [1.29, 1.82) is 0 Å². The average molecular weight is 663 g/mol. The highest BCUT2D eigenvalue weighted by atomic mass is 15.1. The predicted molar refractivity (Wildman–Crippen MR) is 212 cm³/mol. The molecule has 12 aromatic rings. The second-order valence-electron chi connectivity index (χ2n) is 13.5. The van der Waals surface area contributed by atoms with Gasteiger partial charge in [0.05, 0.1) is 39.5 Å². The van der Waals surface area contributed by atoms with E-state index in [2.05, 4.69) is 93.9 Å². The van der Waals surface area contributed by atoms with Crippen molar-refractivity contribution in [2.24, 2.45) is 0 Å². The first kappa shape index (κ1) is 27.6. The molecule has 0 saturated carbocycles. The van der Waals surface area contributed by atoms with Crippen LogP contribution in [0.2, 0.25) is 0 Å². The van der Waals surface area contributed by atoms with Crippen molar-refractivity contribution in [3.8, 4) is 40.0 Å². The molecule has 0 atom stereocenters. The van der Waals surface area contributed by atoms with E-state index in [0.29, 0.717) is 23.2 Å². The monoisotopic (exact) mass is 662 g/mol. The van der Waals surface area contributed by atoms with Crippen LogP contribution in [0.25, 0.3) is 111 Å². The average Bonchev–Trinajstić information content (AvgIpc) is 3.70. The second-order valence-corrected chi connectivity index (χ2v) is 13.5. The summed E-state index contributed by atoms with van der Waals surface area (Å²) in [6, 6.07) is 53.4. The minimum absolute atomic E-state index is 0.535. The Morgan fingerprint density at radius 2 is 1.00 bits per heavy atom. The quantitative estimate of drug-likeness (QED) is 0.188. The topological polar surface area (TPSA) is 60.9 Å². The minimum Gasteiger partial charge on any atom is -0.308 e. The Hall–Kier alpha value is -7.18. The van der Waals surface area contributed by atoms with Crippen LogP contribution in [-0.2, 0) is 0 Å². The van der Waals surface area contributed by atoms with Crippen molar-refractivity contribution in [1.82, 2.24) is 28.9 Å². The maximum absolute atomic E-state index is 5.02. The summed E-state index contributed by atoms with van der Waals surface area (Å²) in [7, 11) is 0. The van der Waals surface area contributed by atoms with Gasteiger partial charge in [0.2, 0.25) is 0 Å². The van der Waals surface area contributed by atoms with Gasteiger partial charge in [-0.25, -0.2) is 15.0 Å². The van der Waals surface area contributed by atoms with Crippen LogP contribution in [0.4, 0.5) is 0 Å². The number of para-hydroxylation sites is 1. The lowest BCUT2D eigenvalue weighted by atomic mass is 9.98. The fraction of sp³-hybridized carbons (Fsp3) is 0. The molecule has 6 heteroatoms. The molecule has 5 aromatic heterocycles. The Kier molecular flexibility index (Phi) is 5.41. The van der Waals surface area contributed by atoms with Gasteiger partial charge in [-0.05, 0) is 47.2 Å². The summed E-state index contributed by atoms with van der Waals surface area (Å²) in [5.74, 6) is 1.77. The molecule has 0 radical (unpaired) electrons. The number of rotatable bonds is 4. The van der Waals surface area contributed by atoms with Crippen LogP contribution < -0.4 is 0 Å². The summed E-state index contributed by atoms with van der Waals surface area (Å²) in [6.45, 7) is 0. The molecule has 0 saturated heterocycles. The molecule has 0 amide bonds. The minimum atomic E-state index is 0.535. The van der Waals surface area contributed by atoms with E-state index in [9.17, 15) is 0 Å². The van der Waals surface area contributed by atoms with Crippen molar-refractivity contribution in [2.75, 3.05) is 0 Å². The highest BCUT2D eigenvalue weighted by molar-refractivity contribution is 6.37. The molecule has 0 unspecified atom stereocenters. The normalized spacial score (nSPS) is 12.2. The number of hydrogen-bond donors (Lipinski definition) is 0. The van der Waals surface area contributed by atoms with Crippen LogP contribution in [0.15, 0.2) is 158 Å². The zero-order valence-electron chi connectivity index (χ0n) is 27.7. The first-order valence-electron chi connectivity index (χ1n) is 17.5. The van der Waals surface area contributed by atoms with E-state index in [0.717, 1.165) is 27.8 Å². The van der Waals surface area contributed by atoms with Gasteiger partial charge >= 0.3 is 0 Å². The number of hydrogen-bond acceptors (Lipinski definition) is 4. The maximum Gasteiger partial charge on any atom is 0.182 e. The Balaban J connectivity index is 1.12. The molecule has 0 bridgehead atoms.